The Balaban J connectivity index is 2.16. The van der Waals surface area contributed by atoms with Gasteiger partial charge in [0.15, 0.2) is 0 Å². The second-order valence-corrected chi connectivity index (χ2v) is 7.29. The fraction of sp³-hybridized carbons (Fsp3) is 0.875. The predicted molar refractivity (Wildman–Crippen MR) is 86.4 cm³/mol. The number of carbonyl (C=O) groups excluding carboxylic acids is 1. The number of piperidine rings is 1. The van der Waals surface area contributed by atoms with E-state index in [-0.39, 0.29) is 5.91 Å². The van der Waals surface area contributed by atoms with Crippen LogP contribution in [0.25, 0.3) is 0 Å². The van der Waals surface area contributed by atoms with E-state index < -0.39 is 5.41 Å². The number of rotatable bonds is 2. The van der Waals surface area contributed by atoms with Crippen LogP contribution in [0.15, 0.2) is 0 Å². The minimum Gasteiger partial charge on any atom is -0.392 e. The van der Waals surface area contributed by atoms with Gasteiger partial charge in [-0.15, -0.1) is 0 Å². The lowest BCUT2D eigenvalue weighted by atomic mass is 9.77. The minimum absolute atomic E-state index is 0.214. The van der Waals surface area contributed by atoms with Gasteiger partial charge in [-0.05, 0) is 31.1 Å². The zero-order chi connectivity index (χ0) is 14.8. The number of nitrogens with zero attached hydrogens (tertiary/aromatic N) is 1. The lowest BCUT2D eigenvalue weighted by Crippen LogP contribution is -2.53. The molecule has 1 saturated heterocycles. The molecule has 2 atom stereocenters. The number of nitrogens with two attached hydrogens (primary N) is 1. The molecule has 1 amide bonds. The van der Waals surface area contributed by atoms with Crippen molar-refractivity contribution in [1.82, 2.24) is 4.90 Å². The summed E-state index contributed by atoms with van der Waals surface area (Å²) in [6, 6.07) is 0. The van der Waals surface area contributed by atoms with Crippen molar-refractivity contribution >= 4 is 23.1 Å². The largest absolute Gasteiger partial charge is 0.392 e. The normalized spacial score (nSPS) is 30.6. The SMILES string of the molecule is CC1CCN(C(=O)C2(C(N)=S)CCCCCC2)CC1C. The van der Waals surface area contributed by atoms with E-state index in [9.17, 15) is 4.79 Å². The first-order chi connectivity index (χ1) is 9.47. The molecule has 1 aliphatic heterocycles. The average Bonchev–Trinajstić information content (AvgIpc) is 2.67. The van der Waals surface area contributed by atoms with Gasteiger partial charge in [0.1, 0.15) is 0 Å². The van der Waals surface area contributed by atoms with Crippen LogP contribution < -0.4 is 5.73 Å². The topological polar surface area (TPSA) is 46.3 Å². The van der Waals surface area contributed by atoms with Gasteiger partial charge in [-0.3, -0.25) is 4.79 Å². The highest BCUT2D eigenvalue weighted by Gasteiger charge is 2.44. The van der Waals surface area contributed by atoms with Gasteiger partial charge in [0, 0.05) is 13.1 Å². The maximum Gasteiger partial charge on any atom is 0.235 e. The van der Waals surface area contributed by atoms with E-state index in [1.165, 1.54) is 12.8 Å². The highest BCUT2D eigenvalue weighted by atomic mass is 32.1. The first-order valence-electron chi connectivity index (χ1n) is 8.06. The third-order valence-electron chi connectivity index (χ3n) is 5.46. The molecule has 0 bridgehead atoms. The second-order valence-electron chi connectivity index (χ2n) is 6.85. The zero-order valence-electron chi connectivity index (χ0n) is 12.9. The van der Waals surface area contributed by atoms with Gasteiger partial charge in [-0.2, -0.15) is 0 Å². The highest BCUT2D eigenvalue weighted by Crippen LogP contribution is 2.38. The summed E-state index contributed by atoms with van der Waals surface area (Å²) in [6.07, 6.45) is 7.34. The molecule has 1 saturated carbocycles. The maximum atomic E-state index is 13.1. The van der Waals surface area contributed by atoms with Crippen molar-refractivity contribution in [3.63, 3.8) is 0 Å². The monoisotopic (exact) mass is 296 g/mol. The van der Waals surface area contributed by atoms with Crippen LogP contribution in [0.2, 0.25) is 0 Å². The van der Waals surface area contributed by atoms with Crippen LogP contribution in [0.1, 0.15) is 58.8 Å². The lowest BCUT2D eigenvalue weighted by molar-refractivity contribution is -0.141. The molecule has 0 spiro atoms. The van der Waals surface area contributed by atoms with Gasteiger partial charge >= 0.3 is 0 Å². The highest BCUT2D eigenvalue weighted by molar-refractivity contribution is 7.80. The minimum atomic E-state index is -0.549. The molecule has 1 aliphatic carbocycles. The number of thiocarbonyl (C=S) groups is 1. The van der Waals surface area contributed by atoms with Crippen molar-refractivity contribution in [2.45, 2.75) is 58.8 Å². The van der Waals surface area contributed by atoms with E-state index in [2.05, 4.69) is 13.8 Å². The van der Waals surface area contributed by atoms with Crippen LogP contribution in [0.5, 0.6) is 0 Å². The summed E-state index contributed by atoms with van der Waals surface area (Å²) in [5, 5.41) is 0. The third kappa shape index (κ3) is 3.00. The van der Waals surface area contributed by atoms with Crippen molar-refractivity contribution in [3.8, 4) is 0 Å². The molecule has 0 aromatic heterocycles. The maximum absolute atomic E-state index is 13.1. The summed E-state index contributed by atoms with van der Waals surface area (Å²) in [7, 11) is 0. The molecule has 20 heavy (non-hydrogen) atoms. The molecule has 0 radical (unpaired) electrons. The van der Waals surface area contributed by atoms with E-state index in [0.29, 0.717) is 16.8 Å². The Morgan fingerprint density at radius 1 is 1.15 bits per heavy atom. The molecule has 2 aliphatic rings. The zero-order valence-corrected chi connectivity index (χ0v) is 13.7. The molecule has 0 aromatic carbocycles. The molecule has 2 unspecified atom stereocenters. The summed E-state index contributed by atoms with van der Waals surface area (Å²) in [5.41, 5.74) is 5.48. The summed E-state index contributed by atoms with van der Waals surface area (Å²) in [5.74, 6) is 1.49. The van der Waals surface area contributed by atoms with E-state index in [4.69, 9.17) is 18.0 Å². The van der Waals surface area contributed by atoms with E-state index in [1.54, 1.807) is 0 Å². The summed E-state index contributed by atoms with van der Waals surface area (Å²) in [6.45, 7) is 6.26. The van der Waals surface area contributed by atoms with Gasteiger partial charge in [0.05, 0.1) is 10.4 Å². The van der Waals surface area contributed by atoms with Crippen LogP contribution in [-0.2, 0) is 4.79 Å². The van der Waals surface area contributed by atoms with Gasteiger partial charge < -0.3 is 10.6 Å². The fourth-order valence-electron chi connectivity index (χ4n) is 3.65. The van der Waals surface area contributed by atoms with Crippen molar-refractivity contribution in [2.75, 3.05) is 13.1 Å². The van der Waals surface area contributed by atoms with Gasteiger partial charge in [-0.25, -0.2) is 0 Å². The Morgan fingerprint density at radius 3 is 2.25 bits per heavy atom. The lowest BCUT2D eigenvalue weighted by Gasteiger charge is -2.41. The fourth-order valence-corrected chi connectivity index (χ4v) is 3.94. The van der Waals surface area contributed by atoms with Crippen LogP contribution in [0.4, 0.5) is 0 Å². The quantitative estimate of drug-likeness (QED) is 0.629. The number of carbonyl (C=O) groups is 1. The van der Waals surface area contributed by atoms with E-state index in [0.717, 1.165) is 45.2 Å². The molecule has 1 heterocycles. The first kappa shape index (κ1) is 15.7. The van der Waals surface area contributed by atoms with Gasteiger partial charge in [0.25, 0.3) is 0 Å². The Bertz CT molecular complexity index is 375. The van der Waals surface area contributed by atoms with Crippen molar-refractivity contribution in [2.24, 2.45) is 23.0 Å². The average molecular weight is 296 g/mol. The number of hydrogen-bond acceptors (Lipinski definition) is 2. The molecule has 3 nitrogen and oxygen atoms in total. The van der Waals surface area contributed by atoms with Crippen molar-refractivity contribution in [1.29, 1.82) is 0 Å². The Kier molecular flexibility index (Phi) is 5.05. The van der Waals surface area contributed by atoms with Crippen molar-refractivity contribution in [3.05, 3.63) is 0 Å². The van der Waals surface area contributed by atoms with Crippen LogP contribution in [-0.4, -0.2) is 28.9 Å². The van der Waals surface area contributed by atoms with Crippen LogP contribution >= 0.6 is 12.2 Å². The molecule has 114 valence electrons. The Labute approximate surface area is 128 Å². The molecule has 0 aromatic rings. The predicted octanol–water partition coefficient (Wildman–Crippen LogP) is 3.12. The number of hydrogen-bond donors (Lipinski definition) is 1. The summed E-state index contributed by atoms with van der Waals surface area (Å²) in [4.78, 5) is 15.5. The molecular formula is C16H28N2OS. The third-order valence-corrected chi connectivity index (χ3v) is 5.85. The first-order valence-corrected chi connectivity index (χ1v) is 8.47. The Hall–Kier alpha value is -0.640. The summed E-state index contributed by atoms with van der Waals surface area (Å²) < 4.78 is 0. The molecule has 2 fully saturated rings. The van der Waals surface area contributed by atoms with E-state index >= 15 is 0 Å². The standard InChI is InChI=1S/C16H28N2OS/c1-12-7-10-18(11-13(12)2)15(19)16(14(17)20)8-5-3-4-6-9-16/h12-13H,3-11H2,1-2H3,(H2,17,20). The molecule has 2 rings (SSSR count). The molecule has 2 N–H and O–H groups in total. The van der Waals surface area contributed by atoms with Crippen LogP contribution in [0.3, 0.4) is 0 Å². The van der Waals surface area contributed by atoms with Crippen LogP contribution in [0, 0.1) is 17.3 Å². The number of amides is 1. The van der Waals surface area contributed by atoms with Crippen molar-refractivity contribution < 1.29 is 4.79 Å². The molecule has 4 heteroatoms. The smallest absolute Gasteiger partial charge is 0.235 e. The Morgan fingerprint density at radius 2 is 1.75 bits per heavy atom. The number of likely N-dealkylation sites (tertiary alicyclic amines) is 1. The van der Waals surface area contributed by atoms with E-state index in [1.807, 2.05) is 4.90 Å². The van der Waals surface area contributed by atoms with Gasteiger partial charge in [-0.1, -0.05) is 51.7 Å². The summed E-state index contributed by atoms with van der Waals surface area (Å²) >= 11 is 5.32. The second kappa shape index (κ2) is 6.42. The molecular weight excluding hydrogens is 268 g/mol. The van der Waals surface area contributed by atoms with Gasteiger partial charge in [0.2, 0.25) is 5.91 Å².